The molecule has 162 valence electrons. The van der Waals surface area contributed by atoms with Crippen LogP contribution in [-0.2, 0) is 4.79 Å². The molecule has 0 aliphatic carbocycles. The molecule has 1 atom stereocenters. The summed E-state index contributed by atoms with van der Waals surface area (Å²) < 4.78 is 6.13. The minimum absolute atomic E-state index is 0.253. The molecule has 0 saturated carbocycles. The minimum atomic E-state index is -1.10. The Morgan fingerprint density at radius 3 is 2.41 bits per heavy atom. The van der Waals surface area contributed by atoms with Gasteiger partial charge in [-0.15, -0.1) is 0 Å². The van der Waals surface area contributed by atoms with Gasteiger partial charge in [-0.2, -0.15) is 0 Å². The predicted molar refractivity (Wildman–Crippen MR) is 121 cm³/mol. The first kappa shape index (κ1) is 21.6. The number of carbonyl (C=O) groups is 3. The summed E-state index contributed by atoms with van der Waals surface area (Å²) in [6, 6.07) is 12.3. The molecule has 1 N–H and O–H groups in total. The summed E-state index contributed by atoms with van der Waals surface area (Å²) in [4.78, 5) is 47.7. The number of nitrogens with zero attached hydrogens (tertiary/aromatic N) is 3. The Kier molecular flexibility index (Phi) is 5.75. The van der Waals surface area contributed by atoms with Gasteiger partial charge in [-0.1, -0.05) is 22.0 Å². The normalized spacial score (nSPS) is 13.7. The number of halogens is 1. The molecule has 0 bridgehead atoms. The Bertz CT molecular complexity index is 1240. The lowest BCUT2D eigenvalue weighted by Crippen LogP contribution is -2.44. The average Bonchev–Trinajstić information content (AvgIpc) is 2.96. The smallest absolute Gasteiger partial charge is 0.334 e. The second-order valence-corrected chi connectivity index (χ2v) is 8.31. The number of fused-ring (bicyclic) bond motifs is 1. The molecule has 2 amide bonds. The van der Waals surface area contributed by atoms with Crippen molar-refractivity contribution in [2.75, 3.05) is 5.32 Å². The molecule has 1 aliphatic heterocycles. The number of rotatable bonds is 5. The molecule has 4 rings (SSSR count). The van der Waals surface area contributed by atoms with Crippen LogP contribution in [0.4, 0.5) is 11.6 Å². The number of anilines is 2. The summed E-state index contributed by atoms with van der Waals surface area (Å²) in [5.74, 6) is -1.09. The topological polar surface area (TPSA) is 101 Å². The Labute approximate surface area is 192 Å². The van der Waals surface area contributed by atoms with Crippen molar-refractivity contribution in [2.24, 2.45) is 0 Å². The fourth-order valence-electron chi connectivity index (χ4n) is 3.44. The molecule has 32 heavy (non-hydrogen) atoms. The van der Waals surface area contributed by atoms with Crippen LogP contribution >= 0.6 is 15.9 Å². The van der Waals surface area contributed by atoms with E-state index in [4.69, 9.17) is 4.74 Å². The van der Waals surface area contributed by atoms with Crippen molar-refractivity contribution in [1.29, 1.82) is 0 Å². The first-order valence-corrected chi connectivity index (χ1v) is 10.6. The zero-order chi connectivity index (χ0) is 23.0. The maximum Gasteiger partial charge on any atom is 0.334 e. The highest BCUT2D eigenvalue weighted by molar-refractivity contribution is 9.10. The third kappa shape index (κ3) is 4.24. The number of ether oxygens (including phenoxy) is 1. The van der Waals surface area contributed by atoms with E-state index in [1.165, 1.54) is 6.92 Å². The number of carbonyl (C=O) groups excluding carboxylic acids is 3. The fraction of sp³-hybridized carbons (Fsp3) is 0.174. The van der Waals surface area contributed by atoms with Gasteiger partial charge in [-0.05, 0) is 57.2 Å². The van der Waals surface area contributed by atoms with Crippen molar-refractivity contribution >= 4 is 45.3 Å². The number of aryl methyl sites for hydroxylation is 2. The summed E-state index contributed by atoms with van der Waals surface area (Å²) in [7, 11) is 0. The van der Waals surface area contributed by atoms with Crippen LogP contribution in [0.5, 0.6) is 5.75 Å². The Morgan fingerprint density at radius 1 is 1.00 bits per heavy atom. The average molecular weight is 495 g/mol. The molecule has 2 aromatic carbocycles. The van der Waals surface area contributed by atoms with Gasteiger partial charge in [0.2, 0.25) is 5.95 Å². The maximum atomic E-state index is 12.7. The summed E-state index contributed by atoms with van der Waals surface area (Å²) in [5.41, 5.74) is 2.79. The number of nitrogens with one attached hydrogen (secondary N) is 1. The van der Waals surface area contributed by atoms with E-state index in [9.17, 15) is 14.4 Å². The number of hydrogen-bond acceptors (Lipinski definition) is 7. The lowest BCUT2D eigenvalue weighted by molar-refractivity contribution is -0.138. The standard InChI is InChI=1S/C23H19BrN4O4/c1-12-9-13(2)26-23(25-12)27-16-5-4-6-17(11-16)32-22(31)14(3)28-20(29)18-8-7-15(24)10-19(18)21(28)30/h4-11,14H,1-3H3,(H,25,26,27). The third-order valence-corrected chi connectivity index (χ3v) is 5.39. The van der Waals surface area contributed by atoms with Crippen LogP contribution in [0.15, 0.2) is 53.0 Å². The maximum absolute atomic E-state index is 12.7. The molecule has 1 aliphatic rings. The van der Waals surface area contributed by atoms with Crippen LogP contribution in [0.25, 0.3) is 0 Å². The van der Waals surface area contributed by atoms with Gasteiger partial charge in [0.25, 0.3) is 11.8 Å². The van der Waals surface area contributed by atoms with Crippen LogP contribution in [0, 0.1) is 13.8 Å². The van der Waals surface area contributed by atoms with Crippen LogP contribution in [-0.4, -0.2) is 38.7 Å². The Morgan fingerprint density at radius 2 is 1.69 bits per heavy atom. The molecule has 8 nitrogen and oxygen atoms in total. The molecule has 0 spiro atoms. The summed E-state index contributed by atoms with van der Waals surface area (Å²) in [6.45, 7) is 5.21. The van der Waals surface area contributed by atoms with Crippen molar-refractivity contribution in [2.45, 2.75) is 26.8 Å². The van der Waals surface area contributed by atoms with Crippen molar-refractivity contribution < 1.29 is 19.1 Å². The van der Waals surface area contributed by atoms with E-state index in [2.05, 4.69) is 31.2 Å². The summed E-state index contributed by atoms with van der Waals surface area (Å²) >= 11 is 3.29. The van der Waals surface area contributed by atoms with E-state index < -0.39 is 23.8 Å². The summed E-state index contributed by atoms with van der Waals surface area (Å²) in [5, 5.41) is 3.08. The monoisotopic (exact) mass is 494 g/mol. The van der Waals surface area contributed by atoms with E-state index in [1.54, 1.807) is 42.5 Å². The quantitative estimate of drug-likeness (QED) is 0.322. The van der Waals surface area contributed by atoms with Crippen molar-refractivity contribution in [3.8, 4) is 5.75 Å². The van der Waals surface area contributed by atoms with Gasteiger partial charge in [0.05, 0.1) is 11.1 Å². The fourth-order valence-corrected chi connectivity index (χ4v) is 3.80. The largest absolute Gasteiger partial charge is 0.425 e. The third-order valence-electron chi connectivity index (χ3n) is 4.90. The van der Waals surface area contributed by atoms with Crippen molar-refractivity contribution in [3.63, 3.8) is 0 Å². The van der Waals surface area contributed by atoms with Gasteiger partial charge < -0.3 is 10.1 Å². The molecule has 0 radical (unpaired) electrons. The van der Waals surface area contributed by atoms with Crippen LogP contribution < -0.4 is 10.1 Å². The van der Waals surface area contributed by atoms with E-state index >= 15 is 0 Å². The van der Waals surface area contributed by atoms with Crippen molar-refractivity contribution in [1.82, 2.24) is 14.9 Å². The number of amides is 2. The van der Waals surface area contributed by atoms with Crippen molar-refractivity contribution in [3.05, 3.63) is 75.5 Å². The second-order valence-electron chi connectivity index (χ2n) is 7.39. The summed E-state index contributed by atoms with van der Waals surface area (Å²) in [6.07, 6.45) is 0. The molecular formula is C23H19BrN4O4. The minimum Gasteiger partial charge on any atom is -0.425 e. The Hall–Kier alpha value is -3.59. The van der Waals surface area contributed by atoms with Crippen LogP contribution in [0.3, 0.4) is 0 Å². The zero-order valence-corrected chi connectivity index (χ0v) is 19.1. The highest BCUT2D eigenvalue weighted by Gasteiger charge is 2.41. The highest BCUT2D eigenvalue weighted by atomic mass is 79.9. The van der Waals surface area contributed by atoms with Gasteiger partial charge in [0, 0.05) is 27.6 Å². The molecule has 2 heterocycles. The zero-order valence-electron chi connectivity index (χ0n) is 17.5. The highest BCUT2D eigenvalue weighted by Crippen LogP contribution is 2.28. The van der Waals surface area contributed by atoms with Crippen LogP contribution in [0.1, 0.15) is 39.0 Å². The van der Waals surface area contributed by atoms with Gasteiger partial charge >= 0.3 is 5.97 Å². The number of esters is 1. The molecule has 0 saturated heterocycles. The first-order valence-electron chi connectivity index (χ1n) is 9.81. The lowest BCUT2D eigenvalue weighted by Gasteiger charge is -2.21. The van der Waals surface area contributed by atoms with Gasteiger partial charge in [0.1, 0.15) is 11.8 Å². The number of benzene rings is 2. The van der Waals surface area contributed by atoms with Gasteiger partial charge in [-0.3, -0.25) is 14.5 Å². The number of hydrogen-bond donors (Lipinski definition) is 1. The lowest BCUT2D eigenvalue weighted by atomic mass is 10.1. The Balaban J connectivity index is 1.49. The number of imide groups is 1. The molecule has 9 heteroatoms. The van der Waals surface area contributed by atoms with Crippen LogP contribution in [0.2, 0.25) is 0 Å². The van der Waals surface area contributed by atoms with Gasteiger partial charge in [0.15, 0.2) is 0 Å². The molecule has 0 fully saturated rings. The second kappa shape index (κ2) is 8.51. The molecule has 1 unspecified atom stereocenters. The predicted octanol–water partition coefficient (Wildman–Crippen LogP) is 4.19. The van der Waals surface area contributed by atoms with E-state index in [0.717, 1.165) is 16.3 Å². The molecular weight excluding hydrogens is 476 g/mol. The SMILES string of the molecule is Cc1cc(C)nc(Nc2cccc(OC(=O)C(C)N3C(=O)c4ccc(Br)cc4C3=O)c2)n1. The van der Waals surface area contributed by atoms with Gasteiger partial charge in [-0.25, -0.2) is 14.8 Å². The first-order chi connectivity index (χ1) is 15.2. The van der Waals surface area contributed by atoms with E-state index in [1.807, 2.05) is 19.9 Å². The van der Waals surface area contributed by atoms with E-state index in [-0.39, 0.29) is 16.9 Å². The van der Waals surface area contributed by atoms with E-state index in [0.29, 0.717) is 16.1 Å². The molecule has 3 aromatic rings. The molecule has 1 aromatic heterocycles. The number of aromatic nitrogens is 2.